The summed E-state index contributed by atoms with van der Waals surface area (Å²) in [7, 11) is 1.70. The summed E-state index contributed by atoms with van der Waals surface area (Å²) in [6.07, 6.45) is 1.01. The predicted molar refractivity (Wildman–Crippen MR) is 83.3 cm³/mol. The molecule has 112 valence electrons. The summed E-state index contributed by atoms with van der Waals surface area (Å²) in [4.78, 5) is 6.57. The molecule has 0 atom stereocenters. The van der Waals surface area contributed by atoms with Gasteiger partial charge in [0.05, 0.1) is 7.11 Å². The number of aryl methyl sites for hydroxylation is 1. The van der Waals surface area contributed by atoms with E-state index in [0.29, 0.717) is 0 Å². The normalized spacial score (nSPS) is 14.2. The quantitative estimate of drug-likeness (QED) is 0.724. The summed E-state index contributed by atoms with van der Waals surface area (Å²) < 4.78 is 6.93. The number of ether oxygens (including phenoxy) is 1. The maximum absolute atomic E-state index is 5.33. The molecule has 0 saturated heterocycles. The molecule has 3 heterocycles. The largest absolute Gasteiger partial charge is 0.497 e. The van der Waals surface area contributed by atoms with Crippen LogP contribution in [0, 0.1) is 6.92 Å². The van der Waals surface area contributed by atoms with E-state index in [4.69, 9.17) is 4.74 Å². The molecule has 0 amide bonds. The lowest BCUT2D eigenvalue weighted by Crippen LogP contribution is -2.31. The van der Waals surface area contributed by atoms with Crippen LogP contribution < -0.4 is 9.64 Å². The molecule has 0 fully saturated rings. The molecule has 6 heteroatoms. The van der Waals surface area contributed by atoms with Crippen LogP contribution in [0.4, 0.5) is 5.82 Å². The van der Waals surface area contributed by atoms with Gasteiger partial charge in [0, 0.05) is 13.1 Å². The molecule has 0 radical (unpaired) electrons. The fourth-order valence-corrected chi connectivity index (χ4v) is 2.90. The van der Waals surface area contributed by atoms with Crippen molar-refractivity contribution in [3.63, 3.8) is 0 Å². The average Bonchev–Trinajstić information content (AvgIpc) is 2.92. The molecular formula is C16H17N5O. The van der Waals surface area contributed by atoms with Crippen molar-refractivity contribution in [1.29, 1.82) is 0 Å². The minimum absolute atomic E-state index is 0.735. The van der Waals surface area contributed by atoms with E-state index in [2.05, 4.69) is 32.2 Å². The number of aromatic nitrogens is 4. The summed E-state index contributed by atoms with van der Waals surface area (Å²) in [5.74, 6) is 2.56. The number of benzene rings is 1. The van der Waals surface area contributed by atoms with Crippen LogP contribution in [0.5, 0.6) is 5.75 Å². The lowest BCUT2D eigenvalue weighted by molar-refractivity contribution is 0.413. The van der Waals surface area contributed by atoms with Crippen molar-refractivity contribution in [2.45, 2.75) is 19.9 Å². The van der Waals surface area contributed by atoms with Crippen LogP contribution in [0.2, 0.25) is 0 Å². The van der Waals surface area contributed by atoms with Gasteiger partial charge in [-0.25, -0.2) is 4.98 Å². The predicted octanol–water partition coefficient (Wildman–Crippen LogP) is 2.00. The SMILES string of the molecule is COc1ccc2c(c1)CN(c1ccc3nc(C)nn3n1)CC2. The van der Waals surface area contributed by atoms with Gasteiger partial charge in [0.15, 0.2) is 11.5 Å². The highest BCUT2D eigenvalue weighted by Gasteiger charge is 2.18. The zero-order valence-electron chi connectivity index (χ0n) is 12.7. The first kappa shape index (κ1) is 13.1. The second-order valence-electron chi connectivity index (χ2n) is 5.50. The first-order chi connectivity index (χ1) is 10.7. The van der Waals surface area contributed by atoms with Gasteiger partial charge in [-0.3, -0.25) is 0 Å². The number of nitrogens with zero attached hydrogens (tertiary/aromatic N) is 5. The Bertz CT molecular complexity index is 842. The highest BCUT2D eigenvalue weighted by Crippen LogP contribution is 2.26. The van der Waals surface area contributed by atoms with Crippen LogP contribution in [0.15, 0.2) is 30.3 Å². The number of rotatable bonds is 2. The highest BCUT2D eigenvalue weighted by molar-refractivity contribution is 5.49. The third-order valence-electron chi connectivity index (χ3n) is 4.05. The molecule has 0 bridgehead atoms. The number of hydrogen-bond acceptors (Lipinski definition) is 5. The van der Waals surface area contributed by atoms with Gasteiger partial charge >= 0.3 is 0 Å². The van der Waals surface area contributed by atoms with Gasteiger partial charge in [0.2, 0.25) is 0 Å². The van der Waals surface area contributed by atoms with E-state index in [1.165, 1.54) is 11.1 Å². The molecule has 3 aromatic rings. The van der Waals surface area contributed by atoms with Crippen molar-refractivity contribution in [3.05, 3.63) is 47.3 Å². The Morgan fingerprint density at radius 1 is 1.09 bits per heavy atom. The van der Waals surface area contributed by atoms with E-state index in [1.807, 2.05) is 25.1 Å². The molecule has 6 nitrogen and oxygen atoms in total. The van der Waals surface area contributed by atoms with Crippen molar-refractivity contribution in [2.24, 2.45) is 0 Å². The van der Waals surface area contributed by atoms with E-state index < -0.39 is 0 Å². The van der Waals surface area contributed by atoms with E-state index >= 15 is 0 Å². The van der Waals surface area contributed by atoms with Gasteiger partial charge in [0.1, 0.15) is 11.6 Å². The van der Waals surface area contributed by atoms with Crippen molar-refractivity contribution in [2.75, 3.05) is 18.6 Å². The Morgan fingerprint density at radius 3 is 2.86 bits per heavy atom. The Labute approximate surface area is 128 Å². The van der Waals surface area contributed by atoms with Crippen LogP contribution in [-0.4, -0.2) is 33.5 Å². The van der Waals surface area contributed by atoms with Crippen LogP contribution in [-0.2, 0) is 13.0 Å². The molecule has 4 rings (SSSR count). The van der Waals surface area contributed by atoms with Gasteiger partial charge in [-0.1, -0.05) is 6.07 Å². The lowest BCUT2D eigenvalue weighted by Gasteiger charge is -2.29. The van der Waals surface area contributed by atoms with Crippen LogP contribution in [0.1, 0.15) is 17.0 Å². The lowest BCUT2D eigenvalue weighted by atomic mass is 9.99. The molecule has 1 aromatic carbocycles. The molecule has 0 unspecified atom stereocenters. The van der Waals surface area contributed by atoms with Crippen LogP contribution in [0.25, 0.3) is 5.65 Å². The standard InChI is InChI=1S/C16H17N5O/c1-11-17-15-5-6-16(19-21(15)18-11)20-8-7-12-3-4-14(22-2)9-13(12)10-20/h3-6,9H,7-8,10H2,1-2H3. The van der Waals surface area contributed by atoms with Gasteiger partial charge in [-0.15, -0.1) is 14.8 Å². The first-order valence-corrected chi connectivity index (χ1v) is 7.34. The van der Waals surface area contributed by atoms with E-state index in [9.17, 15) is 0 Å². The van der Waals surface area contributed by atoms with Crippen molar-refractivity contribution in [1.82, 2.24) is 19.8 Å². The maximum Gasteiger partial charge on any atom is 0.176 e. The average molecular weight is 295 g/mol. The summed E-state index contributed by atoms with van der Waals surface area (Å²) in [5.41, 5.74) is 3.46. The molecule has 0 aliphatic carbocycles. The second kappa shape index (κ2) is 4.98. The first-order valence-electron chi connectivity index (χ1n) is 7.34. The smallest absolute Gasteiger partial charge is 0.176 e. The van der Waals surface area contributed by atoms with E-state index in [1.54, 1.807) is 11.7 Å². The van der Waals surface area contributed by atoms with E-state index in [-0.39, 0.29) is 0 Å². The number of methoxy groups -OCH3 is 1. The van der Waals surface area contributed by atoms with Gasteiger partial charge in [0.25, 0.3) is 0 Å². The van der Waals surface area contributed by atoms with Crippen LogP contribution in [0.3, 0.4) is 0 Å². The zero-order valence-corrected chi connectivity index (χ0v) is 12.7. The van der Waals surface area contributed by atoms with Crippen molar-refractivity contribution < 1.29 is 4.74 Å². The van der Waals surface area contributed by atoms with Crippen molar-refractivity contribution in [3.8, 4) is 5.75 Å². The summed E-state index contributed by atoms with van der Waals surface area (Å²) in [6.45, 7) is 3.65. The highest BCUT2D eigenvalue weighted by atomic mass is 16.5. The third kappa shape index (κ3) is 2.16. The Kier molecular flexibility index (Phi) is 2.96. The molecule has 22 heavy (non-hydrogen) atoms. The van der Waals surface area contributed by atoms with E-state index in [0.717, 1.165) is 42.5 Å². The van der Waals surface area contributed by atoms with Crippen molar-refractivity contribution >= 4 is 11.5 Å². The van der Waals surface area contributed by atoms with Gasteiger partial charge < -0.3 is 9.64 Å². The molecule has 0 N–H and O–H groups in total. The number of fused-ring (bicyclic) bond motifs is 2. The fraction of sp³-hybridized carbons (Fsp3) is 0.312. The number of anilines is 1. The van der Waals surface area contributed by atoms with Crippen LogP contribution >= 0.6 is 0 Å². The molecule has 1 aliphatic rings. The summed E-state index contributed by atoms with van der Waals surface area (Å²) in [5, 5.41) is 8.86. The molecule has 0 spiro atoms. The minimum Gasteiger partial charge on any atom is -0.497 e. The molecular weight excluding hydrogens is 278 g/mol. The molecule has 0 saturated carbocycles. The maximum atomic E-state index is 5.33. The molecule has 1 aliphatic heterocycles. The van der Waals surface area contributed by atoms with Gasteiger partial charge in [-0.2, -0.15) is 0 Å². The zero-order chi connectivity index (χ0) is 15.1. The Morgan fingerprint density at radius 2 is 2.00 bits per heavy atom. The Hall–Kier alpha value is -2.63. The topological polar surface area (TPSA) is 55.5 Å². The Balaban J connectivity index is 1.67. The monoisotopic (exact) mass is 295 g/mol. The minimum atomic E-state index is 0.735. The summed E-state index contributed by atoms with van der Waals surface area (Å²) in [6, 6.07) is 10.3. The number of hydrogen-bond donors (Lipinski definition) is 0. The van der Waals surface area contributed by atoms with Gasteiger partial charge in [-0.05, 0) is 48.7 Å². The summed E-state index contributed by atoms with van der Waals surface area (Å²) >= 11 is 0. The third-order valence-corrected chi connectivity index (χ3v) is 4.05. The molecule has 2 aromatic heterocycles. The second-order valence-corrected chi connectivity index (χ2v) is 5.50. The fourth-order valence-electron chi connectivity index (χ4n) is 2.90.